The van der Waals surface area contributed by atoms with Crippen LogP contribution in [0.1, 0.15) is 16.1 Å². The number of aromatic nitrogens is 3. The molecule has 0 atom stereocenters. The number of fused-ring (bicyclic) bond motifs is 2. The fraction of sp³-hybridized carbons (Fsp3) is 0.174. The lowest BCUT2D eigenvalue weighted by molar-refractivity contribution is 0.102. The smallest absolute Gasteiger partial charge is 0.256 e. The molecule has 1 aliphatic heterocycles. The van der Waals surface area contributed by atoms with Gasteiger partial charge in [0.15, 0.2) is 11.5 Å². The Kier molecular flexibility index (Phi) is 4.35. The molecule has 1 N–H and O–H groups in total. The summed E-state index contributed by atoms with van der Waals surface area (Å²) >= 11 is 0. The summed E-state index contributed by atoms with van der Waals surface area (Å²) in [5, 5.41) is 8.17. The van der Waals surface area contributed by atoms with Gasteiger partial charge in [0.2, 0.25) is 0 Å². The molecule has 150 valence electrons. The topological polar surface area (TPSA) is 78.3 Å². The van der Waals surface area contributed by atoms with Crippen molar-refractivity contribution in [3.63, 3.8) is 0 Å². The Morgan fingerprint density at radius 1 is 1.07 bits per heavy atom. The number of rotatable bonds is 3. The quantitative estimate of drug-likeness (QED) is 0.563. The molecule has 1 amide bonds. The van der Waals surface area contributed by atoms with E-state index in [4.69, 9.17) is 14.5 Å². The molecule has 0 fully saturated rings. The van der Waals surface area contributed by atoms with Gasteiger partial charge in [0, 0.05) is 35.9 Å². The van der Waals surface area contributed by atoms with Crippen molar-refractivity contribution in [2.45, 2.75) is 6.92 Å². The first kappa shape index (κ1) is 18.2. The highest BCUT2D eigenvalue weighted by atomic mass is 16.6. The molecule has 2 aromatic heterocycles. The monoisotopic (exact) mass is 400 g/mol. The minimum absolute atomic E-state index is 0.215. The van der Waals surface area contributed by atoms with E-state index in [1.807, 2.05) is 50.5 Å². The van der Waals surface area contributed by atoms with Crippen LogP contribution >= 0.6 is 0 Å². The number of nitrogens with zero attached hydrogens (tertiary/aromatic N) is 3. The van der Waals surface area contributed by atoms with Gasteiger partial charge in [-0.25, -0.2) is 4.98 Å². The van der Waals surface area contributed by atoms with Crippen LogP contribution in [0.2, 0.25) is 0 Å². The highest BCUT2D eigenvalue weighted by molar-refractivity contribution is 6.13. The Balaban J connectivity index is 1.55. The number of carbonyl (C=O) groups excluding carboxylic acids is 1. The van der Waals surface area contributed by atoms with Gasteiger partial charge in [0.1, 0.15) is 13.2 Å². The molecule has 4 aromatic rings. The Bertz CT molecular complexity index is 1280. The normalized spacial score (nSPS) is 12.7. The standard InChI is InChI=1S/C23H20N4O3/c1-14-18(13-27(2)26-14)20-12-17(16-5-3-4-6-19(16)25-20)23(28)24-15-7-8-21-22(11-15)30-10-9-29-21/h3-8,11-13H,9-10H2,1-2H3,(H,24,28). The van der Waals surface area contributed by atoms with E-state index in [-0.39, 0.29) is 5.91 Å². The average Bonchev–Trinajstić information content (AvgIpc) is 3.10. The van der Waals surface area contributed by atoms with Crippen molar-refractivity contribution in [1.29, 1.82) is 0 Å². The Morgan fingerprint density at radius 3 is 2.67 bits per heavy atom. The van der Waals surface area contributed by atoms with Crippen molar-refractivity contribution in [3.8, 4) is 22.8 Å². The summed E-state index contributed by atoms with van der Waals surface area (Å²) in [7, 11) is 1.87. The number of ether oxygens (including phenoxy) is 2. The summed E-state index contributed by atoms with van der Waals surface area (Å²) in [4.78, 5) is 18.0. The largest absolute Gasteiger partial charge is 0.486 e. The van der Waals surface area contributed by atoms with Crippen LogP contribution in [0.15, 0.2) is 54.7 Å². The summed E-state index contributed by atoms with van der Waals surface area (Å²) in [6.45, 7) is 2.95. The van der Waals surface area contributed by atoms with Crippen LogP contribution in [-0.4, -0.2) is 33.9 Å². The van der Waals surface area contributed by atoms with Gasteiger partial charge < -0.3 is 14.8 Å². The van der Waals surface area contributed by atoms with Crippen LogP contribution in [0.5, 0.6) is 11.5 Å². The van der Waals surface area contributed by atoms with E-state index in [0.29, 0.717) is 41.7 Å². The molecule has 3 heterocycles. The number of para-hydroxylation sites is 1. The lowest BCUT2D eigenvalue weighted by Crippen LogP contribution is -2.16. The van der Waals surface area contributed by atoms with Crippen molar-refractivity contribution in [3.05, 3.63) is 66.0 Å². The van der Waals surface area contributed by atoms with Gasteiger partial charge in [-0.1, -0.05) is 18.2 Å². The van der Waals surface area contributed by atoms with E-state index >= 15 is 0 Å². The van der Waals surface area contributed by atoms with Crippen LogP contribution in [0, 0.1) is 6.92 Å². The highest BCUT2D eigenvalue weighted by Crippen LogP contribution is 2.33. The summed E-state index contributed by atoms with van der Waals surface area (Å²) in [6, 6.07) is 14.8. The van der Waals surface area contributed by atoms with Crippen LogP contribution in [0.25, 0.3) is 22.2 Å². The fourth-order valence-corrected chi connectivity index (χ4v) is 3.67. The summed E-state index contributed by atoms with van der Waals surface area (Å²) in [5.41, 5.74) is 4.42. The number of hydrogen-bond donors (Lipinski definition) is 1. The number of anilines is 1. The second-order valence-electron chi connectivity index (χ2n) is 7.19. The molecule has 0 saturated heterocycles. The lowest BCUT2D eigenvalue weighted by Gasteiger charge is -2.19. The van der Waals surface area contributed by atoms with Gasteiger partial charge >= 0.3 is 0 Å². The molecular weight excluding hydrogens is 380 g/mol. The third kappa shape index (κ3) is 3.24. The van der Waals surface area contributed by atoms with Crippen LogP contribution in [0.3, 0.4) is 0 Å². The first-order valence-corrected chi connectivity index (χ1v) is 9.70. The zero-order valence-electron chi connectivity index (χ0n) is 16.7. The SMILES string of the molecule is Cc1nn(C)cc1-c1cc(C(=O)Nc2ccc3c(c2)OCCO3)c2ccccc2n1. The van der Waals surface area contributed by atoms with E-state index in [0.717, 1.165) is 22.2 Å². The fourth-order valence-electron chi connectivity index (χ4n) is 3.67. The Hall–Kier alpha value is -3.87. The van der Waals surface area contributed by atoms with Gasteiger partial charge in [-0.3, -0.25) is 9.48 Å². The maximum atomic E-state index is 13.2. The lowest BCUT2D eigenvalue weighted by atomic mass is 10.0. The first-order chi connectivity index (χ1) is 14.6. The van der Waals surface area contributed by atoms with E-state index in [1.165, 1.54) is 0 Å². The number of pyridine rings is 1. The van der Waals surface area contributed by atoms with Crippen LogP contribution < -0.4 is 14.8 Å². The maximum Gasteiger partial charge on any atom is 0.256 e. The van der Waals surface area contributed by atoms with E-state index in [1.54, 1.807) is 22.9 Å². The molecule has 7 heteroatoms. The Morgan fingerprint density at radius 2 is 1.87 bits per heavy atom. The molecule has 0 radical (unpaired) electrons. The molecule has 1 aliphatic rings. The third-order valence-corrected chi connectivity index (χ3v) is 5.05. The third-order valence-electron chi connectivity index (χ3n) is 5.05. The zero-order valence-corrected chi connectivity index (χ0v) is 16.7. The molecule has 30 heavy (non-hydrogen) atoms. The van der Waals surface area contributed by atoms with E-state index in [9.17, 15) is 4.79 Å². The average molecular weight is 400 g/mol. The van der Waals surface area contributed by atoms with Crippen molar-refractivity contribution in [2.24, 2.45) is 7.05 Å². The number of hydrogen-bond acceptors (Lipinski definition) is 5. The molecule has 0 saturated carbocycles. The minimum Gasteiger partial charge on any atom is -0.486 e. The summed E-state index contributed by atoms with van der Waals surface area (Å²) in [5.74, 6) is 1.10. The van der Waals surface area contributed by atoms with Crippen molar-refractivity contribution < 1.29 is 14.3 Å². The summed E-state index contributed by atoms with van der Waals surface area (Å²) < 4.78 is 12.9. The highest BCUT2D eigenvalue weighted by Gasteiger charge is 2.18. The molecule has 0 unspecified atom stereocenters. The van der Waals surface area contributed by atoms with E-state index in [2.05, 4.69) is 10.4 Å². The molecule has 0 aliphatic carbocycles. The van der Waals surface area contributed by atoms with Crippen molar-refractivity contribution in [2.75, 3.05) is 18.5 Å². The van der Waals surface area contributed by atoms with Crippen molar-refractivity contribution >= 4 is 22.5 Å². The number of carbonyl (C=O) groups is 1. The second kappa shape index (κ2) is 7.18. The number of amides is 1. The number of aryl methyl sites for hydroxylation is 2. The zero-order chi connectivity index (χ0) is 20.7. The van der Waals surface area contributed by atoms with E-state index < -0.39 is 0 Å². The molecule has 2 aromatic carbocycles. The molecule has 0 spiro atoms. The Labute approximate surface area is 173 Å². The number of nitrogens with one attached hydrogen (secondary N) is 1. The van der Waals surface area contributed by atoms with Gasteiger partial charge in [-0.05, 0) is 31.2 Å². The van der Waals surface area contributed by atoms with Crippen LogP contribution in [0.4, 0.5) is 5.69 Å². The maximum absolute atomic E-state index is 13.2. The number of benzene rings is 2. The minimum atomic E-state index is -0.215. The van der Waals surface area contributed by atoms with Gasteiger partial charge in [-0.15, -0.1) is 0 Å². The molecule has 7 nitrogen and oxygen atoms in total. The predicted molar refractivity (Wildman–Crippen MR) is 114 cm³/mol. The predicted octanol–water partition coefficient (Wildman–Crippen LogP) is 3.97. The second-order valence-corrected chi connectivity index (χ2v) is 7.19. The first-order valence-electron chi connectivity index (χ1n) is 9.70. The van der Waals surface area contributed by atoms with Gasteiger partial charge in [0.05, 0.1) is 22.5 Å². The molecule has 5 rings (SSSR count). The molecule has 0 bridgehead atoms. The van der Waals surface area contributed by atoms with Gasteiger partial charge in [0.25, 0.3) is 5.91 Å². The van der Waals surface area contributed by atoms with Crippen molar-refractivity contribution in [1.82, 2.24) is 14.8 Å². The molecular formula is C23H20N4O3. The van der Waals surface area contributed by atoms with Crippen LogP contribution in [-0.2, 0) is 7.05 Å². The summed E-state index contributed by atoms with van der Waals surface area (Å²) in [6.07, 6.45) is 1.91. The van der Waals surface area contributed by atoms with Gasteiger partial charge in [-0.2, -0.15) is 5.10 Å².